The molecule has 1 saturated heterocycles. The minimum Gasteiger partial charge on any atom is -0.353 e. The van der Waals surface area contributed by atoms with E-state index in [1.807, 2.05) is 77.7 Å². The van der Waals surface area contributed by atoms with Gasteiger partial charge in [0.2, 0.25) is 11.5 Å². The van der Waals surface area contributed by atoms with Gasteiger partial charge in [-0.3, -0.25) is 14.9 Å². The van der Waals surface area contributed by atoms with Gasteiger partial charge in [-0.05, 0) is 46.8 Å². The molecule has 34 heavy (non-hydrogen) atoms. The first kappa shape index (κ1) is 21.9. The molecule has 2 N–H and O–H groups in total. The Morgan fingerprint density at radius 1 is 0.941 bits per heavy atom. The Morgan fingerprint density at radius 2 is 1.74 bits per heavy atom. The molecule has 1 atom stereocenters. The second-order valence-corrected chi connectivity index (χ2v) is 8.47. The smallest absolute Gasteiger partial charge is 0.248 e. The number of aromatic nitrogens is 2. The molecule has 1 amide bonds. The molecule has 7 heteroatoms. The van der Waals surface area contributed by atoms with E-state index in [9.17, 15) is 9.59 Å². The molecule has 0 saturated carbocycles. The van der Waals surface area contributed by atoms with Crippen molar-refractivity contribution in [2.24, 2.45) is 0 Å². The normalized spacial score (nSPS) is 14.8. The largest absolute Gasteiger partial charge is 0.353 e. The first-order chi connectivity index (χ1) is 16.7. The van der Waals surface area contributed by atoms with E-state index in [4.69, 9.17) is 0 Å². The molecule has 2 aromatic carbocycles. The molecule has 0 radical (unpaired) electrons. The number of nitrogens with one attached hydrogen (secondary N) is 2. The maximum atomic E-state index is 13.6. The number of carbonyl (C=O) groups is 1. The van der Waals surface area contributed by atoms with E-state index in [0.717, 1.165) is 40.9 Å². The number of rotatable bonds is 6. The van der Waals surface area contributed by atoms with E-state index in [1.165, 1.54) is 6.07 Å². The van der Waals surface area contributed by atoms with E-state index in [2.05, 4.69) is 20.2 Å². The molecule has 5 rings (SSSR count). The first-order valence-corrected chi connectivity index (χ1v) is 11.5. The van der Waals surface area contributed by atoms with E-state index in [0.29, 0.717) is 19.6 Å². The highest BCUT2D eigenvalue weighted by Crippen LogP contribution is 2.20. The lowest BCUT2D eigenvalue weighted by Crippen LogP contribution is -2.51. The molecule has 1 aliphatic heterocycles. The molecule has 0 aliphatic carbocycles. The summed E-state index contributed by atoms with van der Waals surface area (Å²) in [5.41, 5.74) is 2.69. The highest BCUT2D eigenvalue weighted by atomic mass is 16.2. The van der Waals surface area contributed by atoms with Gasteiger partial charge in [0.05, 0.1) is 0 Å². The van der Waals surface area contributed by atoms with Gasteiger partial charge in [-0.25, -0.2) is 4.98 Å². The van der Waals surface area contributed by atoms with Crippen LogP contribution in [0.1, 0.15) is 17.2 Å². The zero-order chi connectivity index (χ0) is 23.3. The molecule has 1 aliphatic rings. The summed E-state index contributed by atoms with van der Waals surface area (Å²) in [6, 6.07) is 24.6. The lowest BCUT2D eigenvalue weighted by molar-refractivity contribution is -0.134. The third-order valence-corrected chi connectivity index (χ3v) is 6.24. The van der Waals surface area contributed by atoms with Crippen LogP contribution in [0.15, 0.2) is 89.9 Å². The van der Waals surface area contributed by atoms with Crippen molar-refractivity contribution < 1.29 is 4.79 Å². The van der Waals surface area contributed by atoms with Gasteiger partial charge in [-0.15, -0.1) is 0 Å². The summed E-state index contributed by atoms with van der Waals surface area (Å²) in [6.07, 6.45) is 1.80. The molecule has 0 spiro atoms. The number of hydrogen-bond acceptors (Lipinski definition) is 5. The Morgan fingerprint density at radius 3 is 2.50 bits per heavy atom. The van der Waals surface area contributed by atoms with Gasteiger partial charge < -0.3 is 14.8 Å². The summed E-state index contributed by atoms with van der Waals surface area (Å²) in [5, 5.41) is 4.44. The second-order valence-electron chi connectivity index (χ2n) is 8.47. The number of amides is 1. The fourth-order valence-electron chi connectivity index (χ4n) is 4.41. The number of aromatic amines is 1. The Kier molecular flexibility index (Phi) is 6.35. The van der Waals surface area contributed by atoms with Crippen LogP contribution in [0.5, 0.6) is 0 Å². The van der Waals surface area contributed by atoms with E-state index in [-0.39, 0.29) is 11.5 Å². The number of carbonyl (C=O) groups excluding carboxylic acids is 1. The summed E-state index contributed by atoms with van der Waals surface area (Å²) in [5.74, 6) is 1.03. The van der Waals surface area contributed by atoms with Crippen LogP contribution >= 0.6 is 0 Å². The van der Waals surface area contributed by atoms with Crippen molar-refractivity contribution in [2.45, 2.75) is 12.6 Å². The van der Waals surface area contributed by atoms with Gasteiger partial charge in [0.1, 0.15) is 11.9 Å². The van der Waals surface area contributed by atoms with Crippen molar-refractivity contribution in [3.05, 3.63) is 107 Å². The second kappa shape index (κ2) is 9.89. The van der Waals surface area contributed by atoms with Crippen LogP contribution in [-0.2, 0) is 11.3 Å². The third kappa shape index (κ3) is 4.84. The number of hydrogen-bond donors (Lipinski definition) is 2. The van der Waals surface area contributed by atoms with Crippen molar-refractivity contribution in [3.8, 4) is 0 Å². The number of H-pyrrole nitrogens is 1. The Hall–Kier alpha value is -3.97. The maximum Gasteiger partial charge on any atom is 0.248 e. The SMILES string of the molecule is O=C([C@H](NCc1ccc2[nH]c(=O)ccc2c1)c1ccccc1)N1CCN(c2ccccn2)CC1. The number of pyridine rings is 2. The average molecular weight is 454 g/mol. The fraction of sp³-hybridized carbons (Fsp3) is 0.222. The van der Waals surface area contributed by atoms with Crippen LogP contribution in [0.2, 0.25) is 0 Å². The highest BCUT2D eigenvalue weighted by molar-refractivity contribution is 5.84. The number of anilines is 1. The van der Waals surface area contributed by atoms with Crippen LogP contribution in [0, 0.1) is 0 Å². The Balaban J connectivity index is 1.30. The summed E-state index contributed by atoms with van der Waals surface area (Å²) >= 11 is 0. The quantitative estimate of drug-likeness (QED) is 0.469. The Labute approximate surface area is 198 Å². The predicted octanol–water partition coefficient (Wildman–Crippen LogP) is 3.10. The predicted molar refractivity (Wildman–Crippen MR) is 134 cm³/mol. The van der Waals surface area contributed by atoms with Gasteiger partial charge >= 0.3 is 0 Å². The van der Waals surface area contributed by atoms with Gasteiger partial charge in [-0.2, -0.15) is 0 Å². The fourth-order valence-corrected chi connectivity index (χ4v) is 4.41. The minimum absolute atomic E-state index is 0.0805. The monoisotopic (exact) mass is 453 g/mol. The van der Waals surface area contributed by atoms with Crippen LogP contribution in [0.3, 0.4) is 0 Å². The zero-order valence-corrected chi connectivity index (χ0v) is 18.9. The standard InChI is InChI=1S/C27H27N5O2/c33-25-12-10-22-18-20(9-11-23(22)30-25)19-29-26(21-6-2-1-3-7-21)27(34)32-16-14-31(15-17-32)24-8-4-5-13-28-24/h1-13,18,26,29H,14-17,19H2,(H,30,33)/t26-/m1/s1. The highest BCUT2D eigenvalue weighted by Gasteiger charge is 2.28. The maximum absolute atomic E-state index is 13.6. The zero-order valence-electron chi connectivity index (χ0n) is 18.9. The molecule has 1 fully saturated rings. The van der Waals surface area contributed by atoms with Gasteiger partial charge in [-0.1, -0.05) is 42.5 Å². The number of benzene rings is 2. The number of fused-ring (bicyclic) bond motifs is 1. The molecule has 0 unspecified atom stereocenters. The van der Waals surface area contributed by atoms with E-state index >= 15 is 0 Å². The molecule has 4 aromatic rings. The van der Waals surface area contributed by atoms with Crippen LogP contribution in [-0.4, -0.2) is 47.0 Å². The van der Waals surface area contributed by atoms with Crippen molar-refractivity contribution in [1.82, 2.24) is 20.2 Å². The van der Waals surface area contributed by atoms with Crippen LogP contribution in [0.4, 0.5) is 5.82 Å². The molecule has 172 valence electrons. The molecule has 2 aromatic heterocycles. The topological polar surface area (TPSA) is 81.3 Å². The number of piperazine rings is 1. The molecule has 7 nitrogen and oxygen atoms in total. The molecule has 3 heterocycles. The molecule has 0 bridgehead atoms. The minimum atomic E-state index is -0.436. The van der Waals surface area contributed by atoms with Crippen molar-refractivity contribution in [2.75, 3.05) is 31.1 Å². The van der Waals surface area contributed by atoms with E-state index in [1.54, 1.807) is 6.20 Å². The lowest BCUT2D eigenvalue weighted by atomic mass is 10.0. The summed E-state index contributed by atoms with van der Waals surface area (Å²) in [7, 11) is 0. The molecular weight excluding hydrogens is 426 g/mol. The van der Waals surface area contributed by atoms with Crippen LogP contribution < -0.4 is 15.8 Å². The van der Waals surface area contributed by atoms with Gasteiger partial charge in [0.25, 0.3) is 0 Å². The van der Waals surface area contributed by atoms with Crippen molar-refractivity contribution in [1.29, 1.82) is 0 Å². The summed E-state index contributed by atoms with van der Waals surface area (Å²) < 4.78 is 0. The summed E-state index contributed by atoms with van der Waals surface area (Å²) in [4.78, 5) is 36.6. The van der Waals surface area contributed by atoms with Gasteiger partial charge in [0, 0.05) is 50.5 Å². The van der Waals surface area contributed by atoms with Crippen molar-refractivity contribution in [3.63, 3.8) is 0 Å². The number of nitrogens with zero attached hydrogens (tertiary/aromatic N) is 3. The molecular formula is C27H27N5O2. The average Bonchev–Trinajstić information content (AvgIpc) is 2.90. The van der Waals surface area contributed by atoms with E-state index < -0.39 is 6.04 Å². The lowest BCUT2D eigenvalue weighted by Gasteiger charge is -2.37. The van der Waals surface area contributed by atoms with Gasteiger partial charge in [0.15, 0.2) is 0 Å². The third-order valence-electron chi connectivity index (χ3n) is 6.24. The Bertz CT molecular complexity index is 1320. The first-order valence-electron chi connectivity index (χ1n) is 11.5. The van der Waals surface area contributed by atoms with Crippen molar-refractivity contribution >= 4 is 22.6 Å². The summed E-state index contributed by atoms with van der Waals surface area (Å²) in [6.45, 7) is 3.36. The van der Waals surface area contributed by atoms with Crippen LogP contribution in [0.25, 0.3) is 10.9 Å².